The molecule has 2 rings (SSSR count). The molecule has 2 unspecified atom stereocenters. The van der Waals surface area contributed by atoms with Crippen LogP contribution < -0.4 is 10.6 Å². The summed E-state index contributed by atoms with van der Waals surface area (Å²) >= 11 is 0. The Labute approximate surface area is 237 Å². The van der Waals surface area contributed by atoms with Gasteiger partial charge >= 0.3 is 12.1 Å². The molecule has 9 heteroatoms. The molecule has 2 aromatic rings. The molecule has 3 amide bonds. The summed E-state index contributed by atoms with van der Waals surface area (Å²) in [4.78, 5) is 53.9. The molecule has 0 aliphatic rings. The molecule has 0 heterocycles. The number of rotatable bonds is 12. The first kappa shape index (κ1) is 32.3. The molecule has 0 aliphatic carbocycles. The number of carbonyl (C=O) groups is 4. The van der Waals surface area contributed by atoms with Crippen molar-refractivity contribution < 1.29 is 28.7 Å². The van der Waals surface area contributed by atoms with Gasteiger partial charge in [0.15, 0.2) is 0 Å². The number of nitrogens with zero attached hydrogens (tertiary/aromatic N) is 1. The second-order valence-electron chi connectivity index (χ2n) is 10.6. The smallest absolute Gasteiger partial charge is 0.408 e. The molecule has 0 radical (unpaired) electrons. The van der Waals surface area contributed by atoms with E-state index in [1.807, 2.05) is 62.4 Å². The molecule has 0 fully saturated rings. The molecule has 40 heavy (non-hydrogen) atoms. The van der Waals surface area contributed by atoms with Crippen LogP contribution in [0, 0.1) is 13.8 Å². The maximum Gasteiger partial charge on any atom is 0.408 e. The molecule has 9 nitrogen and oxygen atoms in total. The number of likely N-dealkylation sites (N-methyl/N-ethyl adjacent to an activating group) is 1. The van der Waals surface area contributed by atoms with Gasteiger partial charge in [-0.1, -0.05) is 54.1 Å². The number of esters is 1. The van der Waals surface area contributed by atoms with E-state index in [1.54, 1.807) is 34.6 Å². The van der Waals surface area contributed by atoms with Crippen LogP contribution in [0.25, 0.3) is 0 Å². The summed E-state index contributed by atoms with van der Waals surface area (Å²) in [5.74, 6) is -1.27. The van der Waals surface area contributed by atoms with E-state index < -0.39 is 41.6 Å². The number of nitrogens with one attached hydrogen (secondary N) is 2. The number of amides is 3. The quantitative estimate of drug-likeness (QED) is 0.377. The van der Waals surface area contributed by atoms with Gasteiger partial charge in [-0.25, -0.2) is 4.79 Å². The molecule has 2 atom stereocenters. The summed E-state index contributed by atoms with van der Waals surface area (Å²) < 4.78 is 10.4. The highest BCUT2D eigenvalue weighted by Crippen LogP contribution is 2.27. The van der Waals surface area contributed by atoms with Crippen molar-refractivity contribution in [3.63, 3.8) is 0 Å². The molecule has 218 valence electrons. The molecule has 0 aliphatic heterocycles. The summed E-state index contributed by atoms with van der Waals surface area (Å²) in [6.45, 7) is 13.1. The summed E-state index contributed by atoms with van der Waals surface area (Å²) in [6, 6.07) is 13.0. The lowest BCUT2D eigenvalue weighted by Crippen LogP contribution is -2.54. The normalized spacial score (nSPS) is 12.6. The molecule has 2 N–H and O–H groups in total. The topological polar surface area (TPSA) is 114 Å². The van der Waals surface area contributed by atoms with Crippen LogP contribution in [0.5, 0.6) is 0 Å². The van der Waals surface area contributed by atoms with Gasteiger partial charge in [-0.05, 0) is 65.2 Å². The monoisotopic (exact) mass is 553 g/mol. The van der Waals surface area contributed by atoms with Crippen molar-refractivity contribution in [2.45, 2.75) is 79.0 Å². The minimum absolute atomic E-state index is 0.0100. The number of carbonyl (C=O) groups excluding carboxylic acids is 4. The highest BCUT2D eigenvalue weighted by atomic mass is 16.6. The lowest BCUT2D eigenvalue weighted by molar-refractivity contribution is -0.144. The van der Waals surface area contributed by atoms with Crippen molar-refractivity contribution >= 4 is 23.9 Å². The van der Waals surface area contributed by atoms with Crippen LogP contribution in [0.1, 0.15) is 69.3 Å². The molecule has 0 bridgehead atoms. The lowest BCUT2D eigenvalue weighted by atomic mass is 9.95. The highest BCUT2D eigenvalue weighted by molar-refractivity contribution is 5.92. The molecule has 0 saturated carbocycles. The Morgan fingerprint density at radius 3 is 2.23 bits per heavy atom. The Morgan fingerprint density at radius 2 is 1.65 bits per heavy atom. The van der Waals surface area contributed by atoms with Gasteiger partial charge in [0, 0.05) is 19.5 Å². The zero-order valence-corrected chi connectivity index (χ0v) is 24.7. The predicted octanol–water partition coefficient (Wildman–Crippen LogP) is 4.40. The van der Waals surface area contributed by atoms with Gasteiger partial charge in [0.05, 0.1) is 13.0 Å². The summed E-state index contributed by atoms with van der Waals surface area (Å²) in [7, 11) is 0. The Morgan fingerprint density at radius 1 is 0.975 bits per heavy atom. The SMILES string of the molecule is CCOC(=O)CCNC(=O)C(c1ccc(C)cc1C)N(CC)C(=O)C(Cc1ccccc1)NC(=O)OC(C)(C)C. The first-order valence-electron chi connectivity index (χ1n) is 13.7. The first-order chi connectivity index (χ1) is 18.9. The van der Waals surface area contributed by atoms with Crippen LogP contribution >= 0.6 is 0 Å². The fourth-order valence-electron chi connectivity index (χ4n) is 4.37. The van der Waals surface area contributed by atoms with Crippen molar-refractivity contribution in [2.75, 3.05) is 19.7 Å². The summed E-state index contributed by atoms with van der Waals surface area (Å²) in [6.07, 6.45) is -0.505. The van der Waals surface area contributed by atoms with E-state index in [0.29, 0.717) is 5.56 Å². The maximum absolute atomic E-state index is 14.1. The van der Waals surface area contributed by atoms with Crippen molar-refractivity contribution in [1.82, 2.24) is 15.5 Å². The summed E-state index contributed by atoms with van der Waals surface area (Å²) in [5, 5.41) is 5.53. The van der Waals surface area contributed by atoms with Crippen LogP contribution in [0.2, 0.25) is 0 Å². The van der Waals surface area contributed by atoms with Crippen LogP contribution in [0.15, 0.2) is 48.5 Å². The van der Waals surface area contributed by atoms with E-state index in [1.165, 1.54) is 4.90 Å². The number of alkyl carbamates (subject to hydrolysis) is 1. The zero-order chi connectivity index (χ0) is 29.9. The lowest BCUT2D eigenvalue weighted by Gasteiger charge is -2.34. The van der Waals surface area contributed by atoms with E-state index in [4.69, 9.17) is 9.47 Å². The Balaban J connectivity index is 2.44. The average molecular weight is 554 g/mol. The summed E-state index contributed by atoms with van der Waals surface area (Å²) in [5.41, 5.74) is 2.61. The first-order valence-corrected chi connectivity index (χ1v) is 13.7. The van der Waals surface area contributed by atoms with Crippen molar-refractivity contribution in [3.8, 4) is 0 Å². The van der Waals surface area contributed by atoms with E-state index in [2.05, 4.69) is 10.6 Å². The third-order valence-corrected chi connectivity index (χ3v) is 6.11. The number of hydrogen-bond acceptors (Lipinski definition) is 6. The van der Waals surface area contributed by atoms with Gasteiger partial charge in [-0.15, -0.1) is 0 Å². The standard InChI is InChI=1S/C31H43N3O6/c1-8-34(29(37)25(20-23-13-11-10-12-14-23)33-30(38)40-31(5,6)7)27(24-16-15-21(3)19-22(24)4)28(36)32-18-17-26(35)39-9-2/h10-16,19,25,27H,8-9,17-18,20H2,1-7H3,(H,32,36)(H,33,38). The van der Waals surface area contributed by atoms with E-state index >= 15 is 0 Å². The van der Waals surface area contributed by atoms with Crippen LogP contribution in [0.4, 0.5) is 4.79 Å². The average Bonchev–Trinajstić information content (AvgIpc) is 2.86. The number of hydrogen-bond donors (Lipinski definition) is 2. The third-order valence-electron chi connectivity index (χ3n) is 6.11. The van der Waals surface area contributed by atoms with Crippen LogP contribution in [-0.2, 0) is 30.3 Å². The molecule has 2 aromatic carbocycles. The Kier molecular flexibility index (Phi) is 12.2. The zero-order valence-electron chi connectivity index (χ0n) is 24.7. The van der Waals surface area contributed by atoms with Crippen molar-refractivity contribution in [2.24, 2.45) is 0 Å². The fraction of sp³-hybridized carbons (Fsp3) is 0.484. The fourth-order valence-corrected chi connectivity index (χ4v) is 4.37. The van der Waals surface area contributed by atoms with Gasteiger partial charge in [0.1, 0.15) is 17.7 Å². The van der Waals surface area contributed by atoms with Gasteiger partial charge in [0.2, 0.25) is 11.8 Å². The molecule has 0 saturated heterocycles. The van der Waals surface area contributed by atoms with Crippen molar-refractivity contribution in [1.29, 1.82) is 0 Å². The molecular weight excluding hydrogens is 510 g/mol. The third kappa shape index (κ3) is 10.0. The number of benzene rings is 2. The Hall–Kier alpha value is -3.88. The molecular formula is C31H43N3O6. The second kappa shape index (κ2) is 15.1. The van der Waals surface area contributed by atoms with Gasteiger partial charge in [-0.3, -0.25) is 14.4 Å². The van der Waals surface area contributed by atoms with E-state index in [0.717, 1.165) is 16.7 Å². The van der Waals surface area contributed by atoms with E-state index in [-0.39, 0.29) is 32.5 Å². The second-order valence-corrected chi connectivity index (χ2v) is 10.6. The molecule has 0 aromatic heterocycles. The van der Waals surface area contributed by atoms with Crippen LogP contribution in [-0.4, -0.2) is 60.1 Å². The van der Waals surface area contributed by atoms with Gasteiger partial charge in [-0.2, -0.15) is 0 Å². The van der Waals surface area contributed by atoms with Crippen LogP contribution in [0.3, 0.4) is 0 Å². The van der Waals surface area contributed by atoms with Crippen molar-refractivity contribution in [3.05, 3.63) is 70.8 Å². The minimum Gasteiger partial charge on any atom is -0.466 e. The highest BCUT2D eigenvalue weighted by Gasteiger charge is 2.36. The minimum atomic E-state index is -0.988. The predicted molar refractivity (Wildman–Crippen MR) is 154 cm³/mol. The maximum atomic E-state index is 14.1. The van der Waals surface area contributed by atoms with Gasteiger partial charge in [0.25, 0.3) is 0 Å². The van der Waals surface area contributed by atoms with Gasteiger partial charge < -0.3 is 25.0 Å². The Bertz CT molecular complexity index is 1160. The largest absolute Gasteiger partial charge is 0.466 e. The number of ether oxygens (including phenoxy) is 2. The number of aryl methyl sites for hydroxylation is 2. The molecule has 0 spiro atoms. The van der Waals surface area contributed by atoms with E-state index in [9.17, 15) is 19.2 Å².